The van der Waals surface area contributed by atoms with Gasteiger partial charge in [0.25, 0.3) is 11.5 Å². The van der Waals surface area contributed by atoms with E-state index in [1.807, 2.05) is 61.1 Å². The number of aromatic amines is 1. The summed E-state index contributed by atoms with van der Waals surface area (Å²) < 4.78 is 1.81. The minimum Gasteiger partial charge on any atom is -0.346 e. The largest absolute Gasteiger partial charge is 0.346 e. The SMILES string of the molecule is CSc1ncc(C(=O)NCc2c(C)cc(C)[nH]c2=O)n1-c1ccccc1. The van der Waals surface area contributed by atoms with Crippen LogP contribution in [0.15, 0.2) is 52.5 Å². The number of hydrogen-bond acceptors (Lipinski definition) is 4. The summed E-state index contributed by atoms with van der Waals surface area (Å²) in [7, 11) is 0. The summed E-state index contributed by atoms with van der Waals surface area (Å²) in [5, 5.41) is 3.56. The molecule has 0 fully saturated rings. The van der Waals surface area contributed by atoms with Crippen molar-refractivity contribution in [3.05, 3.63) is 75.5 Å². The van der Waals surface area contributed by atoms with Crippen LogP contribution in [0.2, 0.25) is 0 Å². The maximum atomic E-state index is 12.7. The Hall–Kier alpha value is -2.80. The van der Waals surface area contributed by atoms with E-state index in [1.165, 1.54) is 11.8 Å². The fraction of sp³-hybridized carbons (Fsp3) is 0.211. The molecule has 0 atom stereocenters. The second-order valence-corrected chi connectivity index (χ2v) is 6.70. The molecule has 0 aliphatic carbocycles. The van der Waals surface area contributed by atoms with E-state index in [0.29, 0.717) is 11.3 Å². The van der Waals surface area contributed by atoms with E-state index < -0.39 is 0 Å². The number of imidazole rings is 1. The van der Waals surface area contributed by atoms with Gasteiger partial charge >= 0.3 is 0 Å². The number of rotatable bonds is 5. The molecule has 0 saturated carbocycles. The van der Waals surface area contributed by atoms with Crippen LogP contribution in [-0.4, -0.2) is 26.7 Å². The first-order valence-corrected chi connectivity index (χ1v) is 9.38. The average Bonchev–Trinajstić information content (AvgIpc) is 3.05. The molecule has 134 valence electrons. The molecule has 3 rings (SSSR count). The molecule has 0 unspecified atom stereocenters. The van der Waals surface area contributed by atoms with Gasteiger partial charge in [-0.2, -0.15) is 0 Å². The molecule has 0 radical (unpaired) electrons. The van der Waals surface area contributed by atoms with Gasteiger partial charge in [-0.25, -0.2) is 4.98 Å². The summed E-state index contributed by atoms with van der Waals surface area (Å²) in [6.45, 7) is 3.86. The fourth-order valence-electron chi connectivity index (χ4n) is 2.83. The number of pyridine rings is 1. The molecule has 0 spiro atoms. The molecule has 0 bridgehead atoms. The topological polar surface area (TPSA) is 79.8 Å². The molecular weight excluding hydrogens is 348 g/mol. The van der Waals surface area contributed by atoms with E-state index in [2.05, 4.69) is 15.3 Å². The third-order valence-corrected chi connectivity index (χ3v) is 4.73. The highest BCUT2D eigenvalue weighted by atomic mass is 32.2. The third kappa shape index (κ3) is 3.57. The third-order valence-electron chi connectivity index (χ3n) is 4.08. The van der Waals surface area contributed by atoms with Gasteiger partial charge in [0, 0.05) is 23.5 Å². The molecule has 26 heavy (non-hydrogen) atoms. The molecule has 2 heterocycles. The Kier molecular flexibility index (Phi) is 5.27. The molecular formula is C19H20N4O2S. The van der Waals surface area contributed by atoms with Crippen LogP contribution >= 0.6 is 11.8 Å². The van der Waals surface area contributed by atoms with Gasteiger partial charge in [-0.05, 0) is 43.9 Å². The molecule has 1 aromatic carbocycles. The van der Waals surface area contributed by atoms with E-state index in [9.17, 15) is 9.59 Å². The smallest absolute Gasteiger partial charge is 0.270 e. The van der Waals surface area contributed by atoms with Crippen molar-refractivity contribution in [1.29, 1.82) is 0 Å². The number of thioether (sulfide) groups is 1. The fourth-order valence-corrected chi connectivity index (χ4v) is 3.37. The molecule has 1 amide bonds. The predicted octanol–water partition coefficient (Wildman–Crippen LogP) is 2.83. The number of carbonyl (C=O) groups excluding carboxylic acids is 1. The van der Waals surface area contributed by atoms with E-state index in [1.54, 1.807) is 6.20 Å². The van der Waals surface area contributed by atoms with Crippen LogP contribution < -0.4 is 10.9 Å². The monoisotopic (exact) mass is 368 g/mol. The van der Waals surface area contributed by atoms with E-state index in [4.69, 9.17) is 0 Å². The first-order valence-electron chi connectivity index (χ1n) is 8.16. The van der Waals surface area contributed by atoms with Crippen molar-refractivity contribution < 1.29 is 4.79 Å². The van der Waals surface area contributed by atoms with E-state index >= 15 is 0 Å². The number of aromatic nitrogens is 3. The number of H-pyrrole nitrogens is 1. The maximum absolute atomic E-state index is 12.7. The van der Waals surface area contributed by atoms with Gasteiger partial charge in [0.2, 0.25) is 0 Å². The molecule has 7 heteroatoms. The number of aryl methyl sites for hydroxylation is 2. The van der Waals surface area contributed by atoms with Crippen LogP contribution in [0.4, 0.5) is 0 Å². The molecule has 2 N–H and O–H groups in total. The number of para-hydroxylation sites is 1. The second kappa shape index (κ2) is 7.61. The van der Waals surface area contributed by atoms with Gasteiger partial charge < -0.3 is 10.3 Å². The summed E-state index contributed by atoms with van der Waals surface area (Å²) in [5.74, 6) is -0.277. The van der Waals surface area contributed by atoms with E-state index in [0.717, 1.165) is 22.1 Å². The first kappa shape index (κ1) is 18.0. The van der Waals surface area contributed by atoms with Crippen molar-refractivity contribution in [3.63, 3.8) is 0 Å². The minimum absolute atomic E-state index is 0.162. The van der Waals surface area contributed by atoms with Gasteiger partial charge in [-0.1, -0.05) is 30.0 Å². The maximum Gasteiger partial charge on any atom is 0.270 e. The van der Waals surface area contributed by atoms with Crippen LogP contribution in [-0.2, 0) is 6.54 Å². The second-order valence-electron chi connectivity index (χ2n) is 5.93. The summed E-state index contributed by atoms with van der Waals surface area (Å²) in [6.07, 6.45) is 3.47. The van der Waals surface area contributed by atoms with Gasteiger partial charge in [-0.3, -0.25) is 14.2 Å². The van der Waals surface area contributed by atoms with Crippen molar-refractivity contribution in [2.45, 2.75) is 25.5 Å². The highest BCUT2D eigenvalue weighted by molar-refractivity contribution is 7.98. The summed E-state index contributed by atoms with van der Waals surface area (Å²) in [4.78, 5) is 32.0. The molecule has 6 nitrogen and oxygen atoms in total. The molecule has 2 aromatic heterocycles. The Labute approximate surface area is 155 Å². The molecule has 0 aliphatic rings. The van der Waals surface area contributed by atoms with Crippen molar-refractivity contribution >= 4 is 17.7 Å². The number of nitrogens with one attached hydrogen (secondary N) is 2. The number of nitrogens with zero attached hydrogens (tertiary/aromatic N) is 2. The Balaban J connectivity index is 1.88. The minimum atomic E-state index is -0.277. The zero-order valence-corrected chi connectivity index (χ0v) is 15.7. The lowest BCUT2D eigenvalue weighted by Crippen LogP contribution is -2.29. The standard InChI is InChI=1S/C19H20N4O2S/c1-12-9-13(2)22-17(24)15(12)10-20-18(25)16-11-21-19(26-3)23(16)14-7-5-4-6-8-14/h4-9,11H,10H2,1-3H3,(H,20,25)(H,22,24). The van der Waals surface area contributed by atoms with Crippen LogP contribution in [0.5, 0.6) is 0 Å². The highest BCUT2D eigenvalue weighted by Crippen LogP contribution is 2.21. The van der Waals surface area contributed by atoms with Crippen molar-refractivity contribution in [3.8, 4) is 5.69 Å². The normalized spacial score (nSPS) is 10.7. The van der Waals surface area contributed by atoms with Crippen LogP contribution in [0.25, 0.3) is 5.69 Å². The van der Waals surface area contributed by atoms with Crippen LogP contribution in [0.1, 0.15) is 27.3 Å². The Morgan fingerprint density at radius 2 is 2.00 bits per heavy atom. The van der Waals surface area contributed by atoms with Gasteiger partial charge in [0.05, 0.1) is 6.20 Å². The lowest BCUT2D eigenvalue weighted by atomic mass is 10.1. The van der Waals surface area contributed by atoms with Crippen molar-refractivity contribution in [1.82, 2.24) is 19.9 Å². The average molecular weight is 368 g/mol. The van der Waals surface area contributed by atoms with Crippen LogP contribution in [0, 0.1) is 13.8 Å². The molecule has 3 aromatic rings. The Bertz CT molecular complexity index is 993. The zero-order valence-electron chi connectivity index (χ0n) is 14.9. The Morgan fingerprint density at radius 3 is 2.65 bits per heavy atom. The highest BCUT2D eigenvalue weighted by Gasteiger charge is 2.18. The van der Waals surface area contributed by atoms with Crippen molar-refractivity contribution in [2.24, 2.45) is 0 Å². The van der Waals surface area contributed by atoms with Gasteiger partial charge in [0.15, 0.2) is 5.16 Å². The Morgan fingerprint density at radius 1 is 1.27 bits per heavy atom. The summed E-state index contributed by atoms with van der Waals surface area (Å²) in [5.41, 5.74) is 3.33. The molecule has 0 saturated heterocycles. The first-order chi connectivity index (χ1) is 12.5. The van der Waals surface area contributed by atoms with Crippen molar-refractivity contribution in [2.75, 3.05) is 6.26 Å². The quantitative estimate of drug-likeness (QED) is 0.679. The number of hydrogen-bond donors (Lipinski definition) is 2. The number of benzene rings is 1. The van der Waals surface area contributed by atoms with E-state index in [-0.39, 0.29) is 18.0 Å². The van der Waals surface area contributed by atoms with Gasteiger partial charge in [-0.15, -0.1) is 0 Å². The predicted molar refractivity (Wildman–Crippen MR) is 103 cm³/mol. The lowest BCUT2D eigenvalue weighted by molar-refractivity contribution is 0.0943. The zero-order chi connectivity index (χ0) is 18.7. The number of amides is 1. The lowest BCUT2D eigenvalue weighted by Gasteiger charge is -2.12. The summed E-state index contributed by atoms with van der Waals surface area (Å²) in [6, 6.07) is 11.5. The van der Waals surface area contributed by atoms with Crippen LogP contribution in [0.3, 0.4) is 0 Å². The molecule has 0 aliphatic heterocycles. The van der Waals surface area contributed by atoms with Gasteiger partial charge in [0.1, 0.15) is 5.69 Å². The number of carbonyl (C=O) groups is 1. The summed E-state index contributed by atoms with van der Waals surface area (Å²) >= 11 is 1.47.